The molecule has 0 saturated heterocycles. The number of benzene rings is 5. The van der Waals surface area contributed by atoms with Crippen molar-refractivity contribution in [3.8, 4) is 5.75 Å². The third-order valence-corrected chi connectivity index (χ3v) is 11.3. The monoisotopic (exact) mass is 469 g/mol. The van der Waals surface area contributed by atoms with E-state index in [1.807, 2.05) is 6.07 Å². The van der Waals surface area contributed by atoms with Crippen LogP contribution in [-0.2, 0) is 0 Å². The Bertz CT molecular complexity index is 1350. The highest BCUT2D eigenvalue weighted by molar-refractivity contribution is 7.96. The minimum absolute atomic E-state index is 0.120. The average Bonchev–Trinajstić information content (AvgIpc) is 2.95. The van der Waals surface area contributed by atoms with Crippen molar-refractivity contribution < 1.29 is 4.74 Å². The minimum atomic E-state index is -2.18. The van der Waals surface area contributed by atoms with Crippen LogP contribution in [0.15, 0.2) is 152 Å². The molecule has 0 aliphatic carbocycles. The molecule has 1 atom stereocenters. The van der Waals surface area contributed by atoms with E-state index in [1.54, 1.807) is 0 Å². The number of fused-ring (bicyclic) bond motifs is 1. The maximum Gasteiger partial charge on any atom is 0.134 e. The largest absolute Gasteiger partial charge is 0.456 e. The standard InChI is InChI=1S/C33H26OP/c1-5-15-26(16-6-1)32-25-33(30-23-13-14-24-31(30)34-32)35(27-17-7-2-8-18-27,28-19-9-3-10-20-28)29-21-11-4-12-22-29/h1-25,33H/q+1. The Kier molecular flexibility index (Phi) is 5.78. The van der Waals surface area contributed by atoms with E-state index < -0.39 is 7.26 Å². The van der Waals surface area contributed by atoms with E-state index in [-0.39, 0.29) is 5.66 Å². The second-order valence-corrected chi connectivity index (χ2v) is 12.3. The van der Waals surface area contributed by atoms with E-state index in [0.717, 1.165) is 17.1 Å². The van der Waals surface area contributed by atoms with Crippen LogP contribution in [0.4, 0.5) is 0 Å². The molecule has 0 radical (unpaired) electrons. The van der Waals surface area contributed by atoms with E-state index >= 15 is 0 Å². The summed E-state index contributed by atoms with van der Waals surface area (Å²) >= 11 is 0. The Hall–Kier alpha value is -3.93. The lowest BCUT2D eigenvalue weighted by molar-refractivity contribution is 0.497. The summed E-state index contributed by atoms with van der Waals surface area (Å²) in [5.74, 6) is 1.85. The topological polar surface area (TPSA) is 9.23 Å². The van der Waals surface area contributed by atoms with Crippen molar-refractivity contribution in [3.05, 3.63) is 163 Å². The van der Waals surface area contributed by atoms with Gasteiger partial charge in [-0.15, -0.1) is 0 Å². The van der Waals surface area contributed by atoms with E-state index in [9.17, 15) is 0 Å². The summed E-state index contributed by atoms with van der Waals surface area (Å²) < 4.78 is 6.53. The van der Waals surface area contributed by atoms with Crippen molar-refractivity contribution in [3.63, 3.8) is 0 Å². The second-order valence-electron chi connectivity index (χ2n) is 8.71. The van der Waals surface area contributed by atoms with Crippen LogP contribution >= 0.6 is 7.26 Å². The Morgan fingerprint density at radius 3 is 1.40 bits per heavy atom. The molecule has 5 aromatic rings. The summed E-state index contributed by atoms with van der Waals surface area (Å²) in [6.45, 7) is 0. The summed E-state index contributed by atoms with van der Waals surface area (Å²) in [6, 6.07) is 52.2. The normalized spacial score (nSPS) is 15.0. The van der Waals surface area contributed by atoms with Crippen LogP contribution in [0.3, 0.4) is 0 Å². The van der Waals surface area contributed by atoms with Gasteiger partial charge in [0.1, 0.15) is 40.3 Å². The first kappa shape index (κ1) is 21.6. The first-order valence-electron chi connectivity index (χ1n) is 12.0. The zero-order valence-corrected chi connectivity index (χ0v) is 20.3. The van der Waals surface area contributed by atoms with E-state index in [0.29, 0.717) is 0 Å². The predicted molar refractivity (Wildman–Crippen MR) is 149 cm³/mol. The van der Waals surface area contributed by atoms with Gasteiger partial charge in [-0.2, -0.15) is 0 Å². The van der Waals surface area contributed by atoms with Gasteiger partial charge < -0.3 is 4.74 Å². The van der Waals surface area contributed by atoms with Gasteiger partial charge in [-0.1, -0.05) is 103 Å². The number of hydrogen-bond acceptors (Lipinski definition) is 1. The Morgan fingerprint density at radius 1 is 0.457 bits per heavy atom. The van der Waals surface area contributed by atoms with Crippen molar-refractivity contribution in [1.29, 1.82) is 0 Å². The quantitative estimate of drug-likeness (QED) is 0.248. The Balaban J connectivity index is 1.72. The lowest BCUT2D eigenvalue weighted by Crippen LogP contribution is -2.35. The van der Waals surface area contributed by atoms with Crippen LogP contribution in [-0.4, -0.2) is 0 Å². The highest BCUT2D eigenvalue weighted by Crippen LogP contribution is 2.69. The van der Waals surface area contributed by atoms with Crippen molar-refractivity contribution in [2.45, 2.75) is 5.66 Å². The second kappa shape index (κ2) is 9.37. The summed E-state index contributed by atoms with van der Waals surface area (Å²) in [6.07, 6.45) is 2.37. The third kappa shape index (κ3) is 3.79. The number of hydrogen-bond donors (Lipinski definition) is 0. The molecule has 0 amide bonds. The Labute approximate surface area is 207 Å². The molecule has 6 rings (SSSR count). The maximum atomic E-state index is 6.53. The van der Waals surface area contributed by atoms with Gasteiger partial charge in [-0.25, -0.2) is 0 Å². The van der Waals surface area contributed by atoms with Gasteiger partial charge in [-0.05, 0) is 42.5 Å². The SMILES string of the molecule is C1=C(c2ccccc2)Oc2ccccc2C1[P+](c1ccccc1)(c1ccccc1)c1ccccc1. The molecule has 1 nitrogen and oxygen atoms in total. The highest BCUT2D eigenvalue weighted by Gasteiger charge is 2.54. The summed E-state index contributed by atoms with van der Waals surface area (Å²) in [7, 11) is -2.18. The molecular formula is C33H26OP+. The van der Waals surface area contributed by atoms with Gasteiger partial charge in [0, 0.05) is 17.2 Å². The van der Waals surface area contributed by atoms with Gasteiger partial charge in [0.05, 0.1) is 0 Å². The van der Waals surface area contributed by atoms with Gasteiger partial charge in [0.25, 0.3) is 0 Å². The molecule has 0 aromatic heterocycles. The maximum absolute atomic E-state index is 6.53. The van der Waals surface area contributed by atoms with Gasteiger partial charge >= 0.3 is 0 Å². The zero-order valence-electron chi connectivity index (χ0n) is 19.4. The smallest absolute Gasteiger partial charge is 0.134 e. The molecule has 1 aliphatic rings. The molecule has 1 unspecified atom stereocenters. The van der Waals surface area contributed by atoms with Crippen molar-refractivity contribution >= 4 is 28.9 Å². The number of rotatable bonds is 5. The fourth-order valence-electron chi connectivity index (χ4n) is 5.20. The number of allylic oxidation sites excluding steroid dienone is 1. The molecule has 0 spiro atoms. The van der Waals surface area contributed by atoms with E-state index in [1.165, 1.54) is 21.5 Å². The minimum Gasteiger partial charge on any atom is -0.456 e. The molecule has 1 heterocycles. The summed E-state index contributed by atoms with van der Waals surface area (Å²) in [5.41, 5.74) is 2.45. The fourth-order valence-corrected chi connectivity index (χ4v) is 9.97. The molecule has 168 valence electrons. The molecule has 1 aliphatic heterocycles. The van der Waals surface area contributed by atoms with E-state index in [2.05, 4.69) is 146 Å². The van der Waals surface area contributed by atoms with Crippen LogP contribution in [0.2, 0.25) is 0 Å². The summed E-state index contributed by atoms with van der Waals surface area (Å²) in [4.78, 5) is 0. The fraction of sp³-hybridized carbons (Fsp3) is 0.0303. The van der Waals surface area contributed by atoms with Crippen LogP contribution in [0.5, 0.6) is 5.75 Å². The lowest BCUT2D eigenvalue weighted by Gasteiger charge is -2.36. The molecule has 0 N–H and O–H groups in total. The number of para-hydroxylation sites is 1. The third-order valence-electron chi connectivity index (χ3n) is 6.73. The molecule has 2 heteroatoms. The average molecular weight is 470 g/mol. The predicted octanol–water partition coefficient (Wildman–Crippen LogP) is 7.16. The first-order valence-corrected chi connectivity index (χ1v) is 13.8. The van der Waals surface area contributed by atoms with Crippen LogP contribution < -0.4 is 20.7 Å². The molecule has 0 bridgehead atoms. The molecular weight excluding hydrogens is 443 g/mol. The van der Waals surface area contributed by atoms with Crippen LogP contribution in [0.1, 0.15) is 16.8 Å². The summed E-state index contributed by atoms with van der Waals surface area (Å²) in [5, 5.41) is 4.09. The van der Waals surface area contributed by atoms with Crippen LogP contribution in [0, 0.1) is 0 Å². The molecule has 0 saturated carbocycles. The highest BCUT2D eigenvalue weighted by atomic mass is 31.2. The van der Waals surface area contributed by atoms with Crippen LogP contribution in [0.25, 0.3) is 5.76 Å². The van der Waals surface area contributed by atoms with Crippen molar-refractivity contribution in [2.75, 3.05) is 0 Å². The van der Waals surface area contributed by atoms with E-state index in [4.69, 9.17) is 4.74 Å². The molecule has 35 heavy (non-hydrogen) atoms. The lowest BCUT2D eigenvalue weighted by atomic mass is 10.0. The van der Waals surface area contributed by atoms with Gasteiger partial charge in [0.15, 0.2) is 0 Å². The van der Waals surface area contributed by atoms with Crippen molar-refractivity contribution in [1.82, 2.24) is 0 Å². The zero-order chi connectivity index (χ0) is 23.5. The molecule has 0 fully saturated rings. The van der Waals surface area contributed by atoms with Crippen molar-refractivity contribution in [2.24, 2.45) is 0 Å². The Morgan fingerprint density at radius 2 is 0.886 bits per heavy atom. The van der Waals surface area contributed by atoms with Gasteiger partial charge in [-0.3, -0.25) is 0 Å². The number of ether oxygens (including phenoxy) is 1. The first-order chi connectivity index (χ1) is 17.4. The van der Waals surface area contributed by atoms with Gasteiger partial charge in [0.2, 0.25) is 0 Å². The molecule has 5 aromatic carbocycles.